The summed E-state index contributed by atoms with van der Waals surface area (Å²) in [6.07, 6.45) is 6.00. The van der Waals surface area contributed by atoms with Crippen molar-refractivity contribution in [1.82, 2.24) is 15.1 Å². The Labute approximate surface area is 185 Å². The van der Waals surface area contributed by atoms with Gasteiger partial charge in [0.25, 0.3) is 0 Å². The van der Waals surface area contributed by atoms with Gasteiger partial charge in [-0.3, -0.25) is 14.5 Å². The summed E-state index contributed by atoms with van der Waals surface area (Å²) in [7, 11) is 1.71. The second-order valence-electron chi connectivity index (χ2n) is 8.96. The number of rotatable bonds is 7. The highest BCUT2D eigenvalue weighted by atomic mass is 16.5. The zero-order valence-corrected chi connectivity index (χ0v) is 18.7. The van der Waals surface area contributed by atoms with E-state index in [4.69, 9.17) is 4.74 Å². The minimum Gasteiger partial charge on any atom is -0.495 e. The molecule has 0 aromatic heterocycles. The number of para-hydroxylation sites is 2. The smallest absolute Gasteiger partial charge is 0.242 e. The molecule has 0 spiro atoms. The van der Waals surface area contributed by atoms with Gasteiger partial charge in [-0.05, 0) is 37.8 Å². The number of piperazine rings is 1. The predicted molar refractivity (Wildman–Crippen MR) is 121 cm³/mol. The quantitative estimate of drug-likeness (QED) is 0.721. The van der Waals surface area contributed by atoms with E-state index in [-0.39, 0.29) is 23.8 Å². The van der Waals surface area contributed by atoms with Gasteiger partial charge in [-0.15, -0.1) is 0 Å². The Hall–Kier alpha value is -2.28. The Morgan fingerprint density at radius 2 is 1.74 bits per heavy atom. The standard InChI is InChI=1S/C24H36N4O3/c1-31-22-11-5-4-9-20(22)27-17-15-26(16-18-27)14-12-25-23(29)21-10-6-13-28(21)24(30)19-7-2-3-8-19/h4-5,9,11,19,21H,2-3,6-8,10,12-18H2,1H3,(H,25,29)/t21-/m0/s1. The summed E-state index contributed by atoms with van der Waals surface area (Å²) in [6, 6.07) is 7.88. The van der Waals surface area contributed by atoms with Crippen molar-refractivity contribution in [1.29, 1.82) is 0 Å². The lowest BCUT2D eigenvalue weighted by Crippen LogP contribution is -2.51. The Kier molecular flexibility index (Phi) is 7.33. The molecule has 3 aliphatic rings. The third-order valence-corrected chi connectivity index (χ3v) is 7.07. The van der Waals surface area contributed by atoms with E-state index >= 15 is 0 Å². The number of nitrogens with one attached hydrogen (secondary N) is 1. The van der Waals surface area contributed by atoms with E-state index in [0.717, 1.165) is 89.2 Å². The highest BCUT2D eigenvalue weighted by molar-refractivity contribution is 5.89. The lowest BCUT2D eigenvalue weighted by molar-refractivity contribution is -0.141. The third kappa shape index (κ3) is 5.14. The van der Waals surface area contributed by atoms with Gasteiger partial charge in [-0.1, -0.05) is 25.0 Å². The minimum absolute atomic E-state index is 0.0245. The molecule has 1 aromatic carbocycles. The molecule has 3 fully saturated rings. The average molecular weight is 429 g/mol. The number of nitrogens with zero attached hydrogens (tertiary/aromatic N) is 3. The van der Waals surface area contributed by atoms with Crippen molar-refractivity contribution in [2.75, 3.05) is 57.8 Å². The monoisotopic (exact) mass is 428 g/mol. The molecular formula is C24H36N4O3. The molecule has 7 heteroatoms. The van der Waals surface area contributed by atoms with E-state index in [1.54, 1.807) is 7.11 Å². The number of hydrogen-bond acceptors (Lipinski definition) is 5. The van der Waals surface area contributed by atoms with E-state index in [2.05, 4.69) is 21.2 Å². The Bertz CT molecular complexity index is 757. The molecule has 7 nitrogen and oxygen atoms in total. The first-order valence-electron chi connectivity index (χ1n) is 11.9. The predicted octanol–water partition coefficient (Wildman–Crippen LogP) is 2.11. The van der Waals surface area contributed by atoms with E-state index in [1.807, 2.05) is 23.1 Å². The molecule has 2 saturated heterocycles. The number of carbonyl (C=O) groups is 2. The molecule has 31 heavy (non-hydrogen) atoms. The molecule has 1 aromatic rings. The van der Waals surface area contributed by atoms with Crippen molar-refractivity contribution in [3.8, 4) is 5.75 Å². The van der Waals surface area contributed by atoms with Crippen LogP contribution in [0.3, 0.4) is 0 Å². The van der Waals surface area contributed by atoms with Crippen molar-refractivity contribution in [3.63, 3.8) is 0 Å². The van der Waals surface area contributed by atoms with Crippen LogP contribution in [0.1, 0.15) is 38.5 Å². The first-order valence-corrected chi connectivity index (χ1v) is 11.9. The van der Waals surface area contributed by atoms with Gasteiger partial charge < -0.3 is 19.9 Å². The number of amides is 2. The molecule has 2 aliphatic heterocycles. The third-order valence-electron chi connectivity index (χ3n) is 7.07. The van der Waals surface area contributed by atoms with Crippen LogP contribution >= 0.6 is 0 Å². The fourth-order valence-electron chi connectivity index (χ4n) is 5.27. The van der Waals surface area contributed by atoms with Crippen LogP contribution in [-0.2, 0) is 9.59 Å². The van der Waals surface area contributed by atoms with Crippen LogP contribution in [0.25, 0.3) is 0 Å². The summed E-state index contributed by atoms with van der Waals surface area (Å²) in [5.41, 5.74) is 1.14. The number of benzene rings is 1. The minimum atomic E-state index is -0.268. The highest BCUT2D eigenvalue weighted by Crippen LogP contribution is 2.30. The summed E-state index contributed by atoms with van der Waals surface area (Å²) in [6.45, 7) is 6.02. The molecule has 1 saturated carbocycles. The van der Waals surface area contributed by atoms with E-state index in [1.165, 1.54) is 0 Å². The molecule has 2 amide bonds. The number of carbonyl (C=O) groups excluding carboxylic acids is 2. The molecule has 1 aliphatic carbocycles. The van der Waals surface area contributed by atoms with Crippen LogP contribution in [0.15, 0.2) is 24.3 Å². The summed E-state index contributed by atoms with van der Waals surface area (Å²) < 4.78 is 5.49. The van der Waals surface area contributed by atoms with Gasteiger partial charge in [0, 0.05) is 51.7 Å². The largest absolute Gasteiger partial charge is 0.495 e. The van der Waals surface area contributed by atoms with Gasteiger partial charge in [-0.2, -0.15) is 0 Å². The van der Waals surface area contributed by atoms with Crippen LogP contribution in [0, 0.1) is 5.92 Å². The summed E-state index contributed by atoms with van der Waals surface area (Å²) in [5, 5.41) is 3.10. The van der Waals surface area contributed by atoms with Crippen molar-refractivity contribution in [2.24, 2.45) is 5.92 Å². The number of methoxy groups -OCH3 is 1. The molecule has 0 unspecified atom stereocenters. The van der Waals surface area contributed by atoms with E-state index in [0.29, 0.717) is 6.54 Å². The second-order valence-corrected chi connectivity index (χ2v) is 8.96. The van der Waals surface area contributed by atoms with Crippen molar-refractivity contribution < 1.29 is 14.3 Å². The lowest BCUT2D eigenvalue weighted by Gasteiger charge is -2.36. The fraction of sp³-hybridized carbons (Fsp3) is 0.667. The summed E-state index contributed by atoms with van der Waals surface area (Å²) in [4.78, 5) is 32.2. The van der Waals surface area contributed by atoms with E-state index < -0.39 is 0 Å². The van der Waals surface area contributed by atoms with E-state index in [9.17, 15) is 9.59 Å². The zero-order valence-electron chi connectivity index (χ0n) is 18.7. The zero-order chi connectivity index (χ0) is 21.6. The number of likely N-dealkylation sites (tertiary alicyclic amines) is 1. The maximum atomic E-state index is 12.8. The topological polar surface area (TPSA) is 65.1 Å². The Balaban J connectivity index is 1.20. The first-order chi connectivity index (χ1) is 15.2. The summed E-state index contributed by atoms with van der Waals surface area (Å²) >= 11 is 0. The molecule has 170 valence electrons. The lowest BCUT2D eigenvalue weighted by atomic mass is 10.1. The van der Waals surface area contributed by atoms with Crippen LogP contribution in [0.4, 0.5) is 5.69 Å². The van der Waals surface area contributed by atoms with Crippen LogP contribution < -0.4 is 15.0 Å². The van der Waals surface area contributed by atoms with Gasteiger partial charge in [0.1, 0.15) is 11.8 Å². The highest BCUT2D eigenvalue weighted by Gasteiger charge is 2.37. The van der Waals surface area contributed by atoms with Crippen molar-refractivity contribution in [2.45, 2.75) is 44.6 Å². The normalized spacial score (nSPS) is 22.7. The average Bonchev–Trinajstić information content (AvgIpc) is 3.51. The maximum absolute atomic E-state index is 12.8. The maximum Gasteiger partial charge on any atom is 0.242 e. The van der Waals surface area contributed by atoms with Gasteiger partial charge in [0.2, 0.25) is 11.8 Å². The summed E-state index contributed by atoms with van der Waals surface area (Å²) in [5.74, 6) is 1.29. The molecule has 1 atom stereocenters. The van der Waals surface area contributed by atoms with Gasteiger partial charge >= 0.3 is 0 Å². The van der Waals surface area contributed by atoms with Crippen molar-refractivity contribution >= 4 is 17.5 Å². The van der Waals surface area contributed by atoms with Crippen LogP contribution in [0.5, 0.6) is 5.75 Å². The second kappa shape index (κ2) is 10.4. The molecule has 2 heterocycles. The SMILES string of the molecule is COc1ccccc1N1CCN(CCNC(=O)[C@@H]2CCCN2C(=O)C2CCCC2)CC1. The van der Waals surface area contributed by atoms with Gasteiger partial charge in [0.15, 0.2) is 0 Å². The van der Waals surface area contributed by atoms with Crippen LogP contribution in [-0.4, -0.2) is 80.6 Å². The molecule has 4 rings (SSSR count). The number of anilines is 1. The fourth-order valence-corrected chi connectivity index (χ4v) is 5.27. The van der Waals surface area contributed by atoms with Gasteiger partial charge in [0.05, 0.1) is 12.8 Å². The van der Waals surface area contributed by atoms with Crippen molar-refractivity contribution in [3.05, 3.63) is 24.3 Å². The molecular weight excluding hydrogens is 392 g/mol. The van der Waals surface area contributed by atoms with Crippen LogP contribution in [0.2, 0.25) is 0 Å². The Morgan fingerprint density at radius 1 is 1.00 bits per heavy atom. The Morgan fingerprint density at radius 3 is 2.48 bits per heavy atom. The molecule has 0 bridgehead atoms. The van der Waals surface area contributed by atoms with Gasteiger partial charge in [-0.25, -0.2) is 0 Å². The molecule has 0 radical (unpaired) electrons. The number of hydrogen-bond donors (Lipinski definition) is 1. The number of ether oxygens (including phenoxy) is 1. The first kappa shape index (κ1) is 21.9. The molecule has 1 N–H and O–H groups in total.